The number of rotatable bonds is 8. The van der Waals surface area contributed by atoms with E-state index in [4.69, 9.17) is 4.74 Å². The number of hydrogen-bond acceptors (Lipinski definition) is 4. The molecule has 1 N–H and O–H groups in total. The molecule has 1 aromatic rings. The first-order valence-corrected chi connectivity index (χ1v) is 9.44. The molecule has 0 radical (unpaired) electrons. The van der Waals surface area contributed by atoms with E-state index in [1.807, 2.05) is 43.3 Å². The van der Waals surface area contributed by atoms with Crippen molar-refractivity contribution in [1.82, 2.24) is 10.2 Å². The summed E-state index contributed by atoms with van der Waals surface area (Å²) in [5.41, 5.74) is 1.82. The van der Waals surface area contributed by atoms with Crippen LogP contribution >= 0.6 is 0 Å². The second-order valence-corrected chi connectivity index (χ2v) is 6.94. The van der Waals surface area contributed by atoms with Crippen molar-refractivity contribution < 1.29 is 9.53 Å². The van der Waals surface area contributed by atoms with Gasteiger partial charge in [0.05, 0.1) is 13.2 Å². The van der Waals surface area contributed by atoms with E-state index in [0.29, 0.717) is 18.5 Å². The van der Waals surface area contributed by atoms with Gasteiger partial charge < -0.3 is 15.0 Å². The van der Waals surface area contributed by atoms with E-state index in [2.05, 4.69) is 24.1 Å². The van der Waals surface area contributed by atoms with Crippen LogP contribution in [0.2, 0.25) is 0 Å². The number of ether oxygens (including phenoxy) is 1. The maximum Gasteiger partial charge on any atom is 0.251 e. The highest BCUT2D eigenvalue weighted by molar-refractivity contribution is 5.94. The number of hydrogen-bond donors (Lipinski definition) is 1. The maximum atomic E-state index is 12.5. The third kappa shape index (κ3) is 5.44. The molecule has 0 spiro atoms. The van der Waals surface area contributed by atoms with E-state index >= 15 is 0 Å². The van der Waals surface area contributed by atoms with Crippen LogP contribution in [-0.2, 0) is 4.74 Å². The van der Waals surface area contributed by atoms with Crippen molar-refractivity contribution in [3.8, 4) is 0 Å². The summed E-state index contributed by atoms with van der Waals surface area (Å²) < 4.78 is 5.49. The Morgan fingerprint density at radius 3 is 2.28 bits per heavy atom. The summed E-state index contributed by atoms with van der Waals surface area (Å²) in [5.74, 6) is 0.601. The van der Waals surface area contributed by atoms with Crippen LogP contribution < -0.4 is 10.2 Å². The van der Waals surface area contributed by atoms with Crippen LogP contribution in [0.25, 0.3) is 0 Å². The van der Waals surface area contributed by atoms with Crippen molar-refractivity contribution in [1.29, 1.82) is 0 Å². The van der Waals surface area contributed by atoms with Crippen LogP contribution in [0.1, 0.15) is 37.0 Å². The number of amides is 1. The minimum Gasteiger partial charge on any atom is -0.379 e. The molecule has 0 bridgehead atoms. The smallest absolute Gasteiger partial charge is 0.251 e. The predicted molar refractivity (Wildman–Crippen MR) is 103 cm³/mol. The quantitative estimate of drug-likeness (QED) is 0.785. The number of carbonyl (C=O) groups excluding carboxylic acids is 1. The second-order valence-electron chi connectivity index (χ2n) is 6.94. The fourth-order valence-electron chi connectivity index (χ4n) is 3.55. The third-order valence-electron chi connectivity index (χ3n) is 5.23. The molecule has 2 rings (SSSR count). The third-order valence-corrected chi connectivity index (χ3v) is 5.23. The highest BCUT2D eigenvalue weighted by atomic mass is 16.5. The summed E-state index contributed by atoms with van der Waals surface area (Å²) >= 11 is 0. The minimum absolute atomic E-state index is 0.00882. The Morgan fingerprint density at radius 2 is 1.76 bits per heavy atom. The molecule has 0 aromatic heterocycles. The molecule has 140 valence electrons. The predicted octanol–water partition coefficient (Wildman–Crippen LogP) is 2.62. The Balaban J connectivity index is 1.99. The molecule has 25 heavy (non-hydrogen) atoms. The van der Waals surface area contributed by atoms with Crippen LogP contribution in [0.3, 0.4) is 0 Å². The van der Waals surface area contributed by atoms with E-state index in [9.17, 15) is 4.79 Å². The van der Waals surface area contributed by atoms with Crippen LogP contribution in [0.5, 0.6) is 0 Å². The van der Waals surface area contributed by atoms with Gasteiger partial charge in [-0.1, -0.05) is 26.7 Å². The SMILES string of the molecule is CCC(CC)C(CNC(=O)c1ccc(N(C)C)cc1)N1CCOCC1. The van der Waals surface area contributed by atoms with Gasteiger partial charge in [-0.05, 0) is 30.2 Å². The topological polar surface area (TPSA) is 44.8 Å². The lowest BCUT2D eigenvalue weighted by Crippen LogP contribution is -2.52. The average Bonchev–Trinajstić information content (AvgIpc) is 2.65. The van der Waals surface area contributed by atoms with Gasteiger partial charge in [0, 0.05) is 51.0 Å². The molecule has 1 heterocycles. The van der Waals surface area contributed by atoms with Gasteiger partial charge in [0.1, 0.15) is 0 Å². The molecular weight excluding hydrogens is 314 g/mol. The lowest BCUT2D eigenvalue weighted by Gasteiger charge is -2.38. The molecule has 1 aliphatic heterocycles. The summed E-state index contributed by atoms with van der Waals surface area (Å²) in [7, 11) is 4.00. The van der Waals surface area contributed by atoms with Gasteiger partial charge in [0.25, 0.3) is 5.91 Å². The van der Waals surface area contributed by atoms with Gasteiger partial charge in [-0.25, -0.2) is 0 Å². The number of nitrogens with zero attached hydrogens (tertiary/aromatic N) is 2. The fraction of sp³-hybridized carbons (Fsp3) is 0.650. The lowest BCUT2D eigenvalue weighted by atomic mass is 9.92. The largest absolute Gasteiger partial charge is 0.379 e. The number of benzene rings is 1. The monoisotopic (exact) mass is 347 g/mol. The molecule has 0 aliphatic carbocycles. The molecule has 1 saturated heterocycles. The molecule has 1 atom stereocenters. The summed E-state index contributed by atoms with van der Waals surface area (Å²) in [5, 5.41) is 3.16. The van der Waals surface area contributed by atoms with Gasteiger partial charge in [-0.2, -0.15) is 0 Å². The minimum atomic E-state index is 0.00882. The first-order chi connectivity index (χ1) is 12.1. The zero-order chi connectivity index (χ0) is 18.2. The molecule has 5 nitrogen and oxygen atoms in total. The summed E-state index contributed by atoms with van der Waals surface area (Å²) in [6.07, 6.45) is 2.26. The van der Waals surface area contributed by atoms with Crippen molar-refractivity contribution in [2.75, 3.05) is 51.8 Å². The number of anilines is 1. The van der Waals surface area contributed by atoms with Gasteiger partial charge >= 0.3 is 0 Å². The van der Waals surface area contributed by atoms with Gasteiger partial charge in [-0.3, -0.25) is 9.69 Å². The molecular formula is C20H33N3O2. The summed E-state index contributed by atoms with van der Waals surface area (Å²) in [4.78, 5) is 17.1. The zero-order valence-electron chi connectivity index (χ0n) is 16.1. The molecule has 5 heteroatoms. The molecule has 1 amide bonds. The molecule has 1 aliphatic rings. The second kappa shape index (κ2) is 9.78. The summed E-state index contributed by atoms with van der Waals surface area (Å²) in [6, 6.07) is 8.13. The Kier molecular flexibility index (Phi) is 7.72. The number of nitrogens with one attached hydrogen (secondary N) is 1. The van der Waals surface area contributed by atoms with E-state index in [1.54, 1.807) is 0 Å². The number of morpholine rings is 1. The van der Waals surface area contributed by atoms with Crippen LogP contribution in [0.4, 0.5) is 5.69 Å². The van der Waals surface area contributed by atoms with Crippen molar-refractivity contribution in [3.05, 3.63) is 29.8 Å². The maximum absolute atomic E-state index is 12.5. The van der Waals surface area contributed by atoms with Crippen LogP contribution in [0.15, 0.2) is 24.3 Å². The Morgan fingerprint density at radius 1 is 1.16 bits per heavy atom. The molecule has 0 saturated carbocycles. The Hall–Kier alpha value is -1.59. The van der Waals surface area contributed by atoms with Gasteiger partial charge in [0.15, 0.2) is 0 Å². The Labute approximate surface area is 152 Å². The Bertz CT molecular complexity index is 520. The van der Waals surface area contributed by atoms with Crippen molar-refractivity contribution in [3.63, 3.8) is 0 Å². The standard InChI is InChI=1S/C20H33N3O2/c1-5-16(6-2)19(23-11-13-25-14-12-23)15-21-20(24)17-7-9-18(10-8-17)22(3)4/h7-10,16,19H,5-6,11-15H2,1-4H3,(H,21,24). The first kappa shape index (κ1) is 19.7. The van der Waals surface area contributed by atoms with Gasteiger partial charge in [0.2, 0.25) is 0 Å². The molecule has 1 fully saturated rings. The zero-order valence-corrected chi connectivity index (χ0v) is 16.1. The van der Waals surface area contributed by atoms with Crippen LogP contribution in [0, 0.1) is 5.92 Å². The molecule has 1 aromatic carbocycles. The van der Waals surface area contributed by atoms with Crippen molar-refractivity contribution >= 4 is 11.6 Å². The van der Waals surface area contributed by atoms with E-state index in [0.717, 1.165) is 50.4 Å². The average molecular weight is 348 g/mol. The van der Waals surface area contributed by atoms with Gasteiger partial charge in [-0.15, -0.1) is 0 Å². The first-order valence-electron chi connectivity index (χ1n) is 9.44. The molecule has 1 unspecified atom stereocenters. The summed E-state index contributed by atoms with van der Waals surface area (Å²) in [6.45, 7) is 8.66. The van der Waals surface area contributed by atoms with Crippen molar-refractivity contribution in [2.24, 2.45) is 5.92 Å². The van der Waals surface area contributed by atoms with E-state index in [1.165, 1.54) is 0 Å². The normalized spacial score (nSPS) is 16.7. The fourth-order valence-corrected chi connectivity index (χ4v) is 3.55. The number of carbonyl (C=O) groups is 1. The van der Waals surface area contributed by atoms with Crippen molar-refractivity contribution in [2.45, 2.75) is 32.7 Å². The van der Waals surface area contributed by atoms with E-state index in [-0.39, 0.29) is 5.91 Å². The highest BCUT2D eigenvalue weighted by Crippen LogP contribution is 2.20. The van der Waals surface area contributed by atoms with Crippen LogP contribution in [-0.4, -0.2) is 63.8 Å². The highest BCUT2D eigenvalue weighted by Gasteiger charge is 2.27. The van der Waals surface area contributed by atoms with E-state index < -0.39 is 0 Å². The lowest BCUT2D eigenvalue weighted by molar-refractivity contribution is 0.00191.